The molecular weight excluding hydrogens is 347 g/mol. The molecule has 1 aliphatic carbocycles. The SMILES string of the molecule is C=C[C@@H]1CCC(C)=CC1c1c(O)cc(CCCCC)c(C(=O)O)c1O.CF. The molecule has 0 radical (unpaired) electrons. The molecule has 0 fully saturated rings. The number of aromatic hydroxyl groups is 2. The predicted octanol–water partition coefficient (Wildman–Crippen LogP) is 5.74. The topological polar surface area (TPSA) is 77.8 Å². The van der Waals surface area contributed by atoms with E-state index in [-0.39, 0.29) is 28.9 Å². The Balaban J connectivity index is 0.00000176. The standard InChI is InChI=1S/C21H28O4.CH3F/c1-4-6-7-8-15-12-17(22)19(20(23)18(15)21(24)25)16-11-13(3)9-10-14(16)5-2;1-2/h5,11-12,14,16,22-23H,2,4,6-10H2,1,3H3,(H,24,25);1H3/t14-,16?;/m1./s1. The zero-order valence-electron chi connectivity index (χ0n) is 16.5. The minimum Gasteiger partial charge on any atom is -0.507 e. The fourth-order valence-electron chi connectivity index (χ4n) is 3.70. The highest BCUT2D eigenvalue weighted by Crippen LogP contribution is 2.46. The molecule has 0 spiro atoms. The van der Waals surface area contributed by atoms with Crippen molar-refractivity contribution < 1.29 is 24.5 Å². The van der Waals surface area contributed by atoms with E-state index in [9.17, 15) is 24.5 Å². The minimum absolute atomic E-state index is 0.0307. The first-order valence-electron chi connectivity index (χ1n) is 9.39. The molecule has 3 N–H and O–H groups in total. The van der Waals surface area contributed by atoms with E-state index < -0.39 is 5.97 Å². The number of carboxylic acids is 1. The van der Waals surface area contributed by atoms with Crippen LogP contribution in [0.25, 0.3) is 0 Å². The van der Waals surface area contributed by atoms with Gasteiger partial charge in [0.2, 0.25) is 0 Å². The molecule has 1 unspecified atom stereocenters. The van der Waals surface area contributed by atoms with Gasteiger partial charge in [0.15, 0.2) is 0 Å². The van der Waals surface area contributed by atoms with Crippen molar-refractivity contribution in [2.45, 2.75) is 58.3 Å². The summed E-state index contributed by atoms with van der Waals surface area (Å²) >= 11 is 0. The Morgan fingerprint density at radius 1 is 1.33 bits per heavy atom. The molecule has 0 aliphatic heterocycles. The third-order valence-electron chi connectivity index (χ3n) is 5.10. The van der Waals surface area contributed by atoms with Crippen LogP contribution in [-0.2, 0) is 6.42 Å². The Bertz CT molecular complexity index is 694. The van der Waals surface area contributed by atoms with E-state index in [1.165, 1.54) is 11.6 Å². The summed E-state index contributed by atoms with van der Waals surface area (Å²) < 4.78 is 9.50. The summed E-state index contributed by atoms with van der Waals surface area (Å²) in [6.45, 7) is 7.94. The summed E-state index contributed by atoms with van der Waals surface area (Å²) in [4.78, 5) is 11.8. The molecule has 1 aliphatic rings. The van der Waals surface area contributed by atoms with Crippen LogP contribution in [0.3, 0.4) is 0 Å². The number of unbranched alkanes of at least 4 members (excludes halogenated alkanes) is 2. The molecule has 1 aromatic rings. The van der Waals surface area contributed by atoms with Gasteiger partial charge in [-0.2, -0.15) is 0 Å². The van der Waals surface area contributed by atoms with Crippen LogP contribution >= 0.6 is 0 Å². The number of rotatable bonds is 7. The molecule has 4 nitrogen and oxygen atoms in total. The highest BCUT2D eigenvalue weighted by atomic mass is 19.1. The van der Waals surface area contributed by atoms with Crippen LogP contribution in [-0.4, -0.2) is 28.5 Å². The van der Waals surface area contributed by atoms with Crippen molar-refractivity contribution in [1.29, 1.82) is 0 Å². The third kappa shape index (κ3) is 5.34. The maximum absolute atomic E-state index is 11.8. The van der Waals surface area contributed by atoms with Gasteiger partial charge < -0.3 is 15.3 Å². The first-order valence-corrected chi connectivity index (χ1v) is 9.39. The van der Waals surface area contributed by atoms with Gasteiger partial charge in [-0.05, 0) is 50.2 Å². The Morgan fingerprint density at radius 2 is 2.00 bits per heavy atom. The first kappa shape index (κ1) is 22.7. The number of carbonyl (C=O) groups is 1. The molecule has 5 heteroatoms. The number of hydrogen-bond donors (Lipinski definition) is 3. The molecule has 150 valence electrons. The smallest absolute Gasteiger partial charge is 0.339 e. The molecule has 0 saturated carbocycles. The monoisotopic (exact) mass is 378 g/mol. The van der Waals surface area contributed by atoms with Crippen molar-refractivity contribution in [3.8, 4) is 11.5 Å². The van der Waals surface area contributed by atoms with E-state index in [2.05, 4.69) is 13.5 Å². The zero-order valence-corrected chi connectivity index (χ0v) is 16.5. The largest absolute Gasteiger partial charge is 0.507 e. The van der Waals surface area contributed by atoms with Crippen molar-refractivity contribution in [3.05, 3.63) is 47.1 Å². The quantitative estimate of drug-likeness (QED) is 0.417. The lowest BCUT2D eigenvalue weighted by Gasteiger charge is -2.29. The molecule has 1 aromatic carbocycles. The molecule has 0 aromatic heterocycles. The van der Waals surface area contributed by atoms with E-state index in [1.54, 1.807) is 0 Å². The van der Waals surface area contributed by atoms with Crippen LogP contribution in [0.5, 0.6) is 11.5 Å². The van der Waals surface area contributed by atoms with Crippen molar-refractivity contribution in [2.24, 2.45) is 5.92 Å². The summed E-state index contributed by atoms with van der Waals surface area (Å²) in [5.74, 6) is -1.68. The second-order valence-electron chi connectivity index (χ2n) is 6.93. The predicted molar refractivity (Wildman–Crippen MR) is 106 cm³/mol. The number of phenolic OH excluding ortho intramolecular Hbond substituents is 1. The number of alkyl halides is 1. The number of phenols is 2. The van der Waals surface area contributed by atoms with Crippen LogP contribution in [0, 0.1) is 5.92 Å². The Labute approximate surface area is 161 Å². The van der Waals surface area contributed by atoms with Crippen LogP contribution in [0.4, 0.5) is 4.39 Å². The van der Waals surface area contributed by atoms with E-state index in [0.717, 1.165) is 32.1 Å². The lowest BCUT2D eigenvalue weighted by Crippen LogP contribution is -2.16. The maximum atomic E-state index is 11.8. The number of aryl methyl sites for hydroxylation is 1. The van der Waals surface area contributed by atoms with E-state index >= 15 is 0 Å². The average Bonchev–Trinajstić information content (AvgIpc) is 2.63. The van der Waals surface area contributed by atoms with Crippen LogP contribution < -0.4 is 0 Å². The second-order valence-corrected chi connectivity index (χ2v) is 6.93. The maximum Gasteiger partial charge on any atom is 0.339 e. The van der Waals surface area contributed by atoms with Crippen LogP contribution in [0.15, 0.2) is 30.4 Å². The lowest BCUT2D eigenvalue weighted by atomic mass is 9.76. The highest BCUT2D eigenvalue weighted by Gasteiger charge is 2.31. The van der Waals surface area contributed by atoms with Gasteiger partial charge in [0.1, 0.15) is 17.1 Å². The fourth-order valence-corrected chi connectivity index (χ4v) is 3.70. The Morgan fingerprint density at radius 3 is 2.56 bits per heavy atom. The van der Waals surface area contributed by atoms with E-state index in [4.69, 9.17) is 0 Å². The van der Waals surface area contributed by atoms with E-state index in [0.29, 0.717) is 24.7 Å². The van der Waals surface area contributed by atoms with Gasteiger partial charge in [-0.15, -0.1) is 6.58 Å². The van der Waals surface area contributed by atoms with Crippen molar-refractivity contribution in [2.75, 3.05) is 7.18 Å². The number of benzene rings is 1. The minimum atomic E-state index is -1.16. The summed E-state index contributed by atoms with van der Waals surface area (Å²) in [7, 11) is 0.500. The van der Waals surface area contributed by atoms with Crippen LogP contribution in [0.1, 0.15) is 73.4 Å². The summed E-state index contributed by atoms with van der Waals surface area (Å²) in [5.41, 5.74) is 1.89. The normalized spacial score (nSPS) is 18.9. The van der Waals surface area contributed by atoms with Gasteiger partial charge in [0.25, 0.3) is 0 Å². The molecule has 0 heterocycles. The molecule has 27 heavy (non-hydrogen) atoms. The van der Waals surface area contributed by atoms with E-state index in [1.807, 2.05) is 19.1 Å². The summed E-state index contributed by atoms with van der Waals surface area (Å²) in [6, 6.07) is 1.52. The first-order chi connectivity index (χ1) is 12.9. The third-order valence-corrected chi connectivity index (χ3v) is 5.10. The average molecular weight is 378 g/mol. The second kappa shape index (κ2) is 10.8. The molecular formula is C22H31FO4. The lowest BCUT2D eigenvalue weighted by molar-refractivity contribution is 0.0692. The number of carboxylic acid groups (broad SMARTS) is 1. The Kier molecular flexibility index (Phi) is 9.06. The number of halogens is 1. The Hall–Kier alpha value is -2.30. The highest BCUT2D eigenvalue weighted by molar-refractivity contribution is 5.94. The van der Waals surface area contributed by atoms with Gasteiger partial charge in [-0.25, -0.2) is 4.79 Å². The van der Waals surface area contributed by atoms with Gasteiger partial charge in [-0.3, -0.25) is 4.39 Å². The van der Waals surface area contributed by atoms with Gasteiger partial charge in [0, 0.05) is 11.5 Å². The molecule has 2 atom stereocenters. The van der Waals surface area contributed by atoms with Gasteiger partial charge in [-0.1, -0.05) is 37.5 Å². The van der Waals surface area contributed by atoms with Crippen molar-refractivity contribution in [1.82, 2.24) is 0 Å². The summed E-state index contributed by atoms with van der Waals surface area (Å²) in [5, 5.41) is 30.9. The molecule has 0 amide bonds. The van der Waals surface area contributed by atoms with Crippen LogP contribution in [0.2, 0.25) is 0 Å². The van der Waals surface area contributed by atoms with Gasteiger partial charge in [0.05, 0.1) is 7.18 Å². The number of hydrogen-bond acceptors (Lipinski definition) is 3. The fraction of sp³-hybridized carbons (Fsp3) is 0.500. The summed E-state index contributed by atoms with van der Waals surface area (Å²) in [6.07, 6.45) is 8.99. The zero-order chi connectivity index (χ0) is 20.6. The molecule has 2 rings (SSSR count). The molecule has 0 bridgehead atoms. The van der Waals surface area contributed by atoms with Crippen molar-refractivity contribution in [3.63, 3.8) is 0 Å². The molecule has 0 saturated heterocycles. The number of allylic oxidation sites excluding steroid dienone is 3. The van der Waals surface area contributed by atoms with Crippen molar-refractivity contribution >= 4 is 5.97 Å². The number of aromatic carboxylic acids is 1. The van der Waals surface area contributed by atoms with Gasteiger partial charge >= 0.3 is 5.97 Å².